The highest BCUT2D eigenvalue weighted by Crippen LogP contribution is 2.02. The van der Waals surface area contributed by atoms with E-state index in [4.69, 9.17) is 5.11 Å². The molecule has 1 heterocycles. The third kappa shape index (κ3) is 3.57. The quantitative estimate of drug-likeness (QED) is 0.657. The molecule has 1 aromatic rings. The first-order valence-electron chi connectivity index (χ1n) is 4.99. The van der Waals surface area contributed by atoms with Gasteiger partial charge in [-0.2, -0.15) is 0 Å². The second-order valence-electron chi connectivity index (χ2n) is 3.43. The van der Waals surface area contributed by atoms with Gasteiger partial charge in [-0.15, -0.1) is 0 Å². The largest absolute Gasteiger partial charge is 0.396 e. The van der Waals surface area contributed by atoms with Crippen molar-refractivity contribution in [1.29, 1.82) is 0 Å². The van der Waals surface area contributed by atoms with Crippen LogP contribution in [-0.4, -0.2) is 21.3 Å². The van der Waals surface area contributed by atoms with Gasteiger partial charge in [0.15, 0.2) is 0 Å². The van der Waals surface area contributed by atoms with Gasteiger partial charge in [-0.3, -0.25) is 9.36 Å². The fourth-order valence-corrected chi connectivity index (χ4v) is 1.73. The van der Waals surface area contributed by atoms with Gasteiger partial charge in [0.25, 0.3) is 5.56 Å². The first-order chi connectivity index (χ1) is 7.16. The maximum Gasteiger partial charge on any atom is 0.266 e. The Hall–Kier alpha value is -0.430. The SMILES string of the molecule is Cc1ncn(CCCCCO)c(=O)c1I. The highest BCUT2D eigenvalue weighted by molar-refractivity contribution is 14.1. The molecule has 1 rings (SSSR count). The van der Waals surface area contributed by atoms with Gasteiger partial charge in [0, 0.05) is 13.2 Å². The molecule has 84 valence electrons. The maximum absolute atomic E-state index is 11.7. The Bertz CT molecular complexity index is 376. The molecule has 0 bridgehead atoms. The zero-order valence-electron chi connectivity index (χ0n) is 8.74. The molecule has 0 aromatic carbocycles. The molecule has 0 saturated heterocycles. The number of rotatable bonds is 5. The summed E-state index contributed by atoms with van der Waals surface area (Å²) in [6.07, 6.45) is 4.23. The molecule has 1 aromatic heterocycles. The Morgan fingerprint density at radius 3 is 2.87 bits per heavy atom. The van der Waals surface area contributed by atoms with Crippen LogP contribution in [0.1, 0.15) is 25.0 Å². The lowest BCUT2D eigenvalue weighted by Gasteiger charge is -2.06. The molecule has 1 N–H and O–H groups in total. The molecular weight excluding hydrogens is 307 g/mol. The van der Waals surface area contributed by atoms with Crippen molar-refractivity contribution in [2.75, 3.05) is 6.61 Å². The number of unbranched alkanes of at least 4 members (excludes halogenated alkanes) is 2. The van der Waals surface area contributed by atoms with E-state index in [-0.39, 0.29) is 12.2 Å². The molecule has 0 amide bonds. The van der Waals surface area contributed by atoms with E-state index >= 15 is 0 Å². The summed E-state index contributed by atoms with van der Waals surface area (Å²) in [6, 6.07) is 0. The van der Waals surface area contributed by atoms with Crippen molar-refractivity contribution < 1.29 is 5.11 Å². The minimum absolute atomic E-state index is 0.0344. The zero-order valence-corrected chi connectivity index (χ0v) is 10.9. The van der Waals surface area contributed by atoms with Crippen molar-refractivity contribution in [2.45, 2.75) is 32.7 Å². The van der Waals surface area contributed by atoms with Gasteiger partial charge in [-0.1, -0.05) is 0 Å². The van der Waals surface area contributed by atoms with E-state index in [1.807, 2.05) is 29.5 Å². The van der Waals surface area contributed by atoms with Crippen LogP contribution in [0.3, 0.4) is 0 Å². The first-order valence-corrected chi connectivity index (χ1v) is 6.07. The predicted molar refractivity (Wildman–Crippen MR) is 66.9 cm³/mol. The minimum Gasteiger partial charge on any atom is -0.396 e. The van der Waals surface area contributed by atoms with Crippen molar-refractivity contribution in [3.05, 3.63) is 25.9 Å². The van der Waals surface area contributed by atoms with Crippen molar-refractivity contribution in [3.8, 4) is 0 Å². The molecule has 0 aliphatic carbocycles. The van der Waals surface area contributed by atoms with Crippen LogP contribution in [-0.2, 0) is 6.54 Å². The van der Waals surface area contributed by atoms with Gasteiger partial charge >= 0.3 is 0 Å². The average molecular weight is 322 g/mol. The molecule has 15 heavy (non-hydrogen) atoms. The summed E-state index contributed by atoms with van der Waals surface area (Å²) in [7, 11) is 0. The molecule has 0 saturated carbocycles. The molecule has 4 nitrogen and oxygen atoms in total. The van der Waals surface area contributed by atoms with E-state index in [0.717, 1.165) is 25.0 Å². The monoisotopic (exact) mass is 322 g/mol. The number of hydrogen-bond donors (Lipinski definition) is 1. The first kappa shape index (κ1) is 12.6. The van der Waals surface area contributed by atoms with Gasteiger partial charge in [-0.05, 0) is 48.8 Å². The summed E-state index contributed by atoms with van der Waals surface area (Å²) in [5.41, 5.74) is 0.819. The van der Waals surface area contributed by atoms with Crippen LogP contribution in [0.25, 0.3) is 0 Å². The third-order valence-corrected chi connectivity index (χ3v) is 3.46. The number of aliphatic hydroxyl groups excluding tert-OH is 1. The van der Waals surface area contributed by atoms with Crippen molar-refractivity contribution in [2.24, 2.45) is 0 Å². The Morgan fingerprint density at radius 1 is 1.47 bits per heavy atom. The minimum atomic E-state index is 0.0344. The fraction of sp³-hybridized carbons (Fsp3) is 0.600. The molecule has 0 spiro atoms. The van der Waals surface area contributed by atoms with Gasteiger partial charge < -0.3 is 5.11 Å². The standard InChI is InChI=1S/C10H15IN2O2/c1-8-9(11)10(15)13(7-12-8)5-3-2-4-6-14/h7,14H,2-6H2,1H3. The number of nitrogens with zero attached hydrogens (tertiary/aromatic N) is 2. The van der Waals surface area contributed by atoms with Crippen LogP contribution in [0, 0.1) is 10.5 Å². The normalized spacial score (nSPS) is 10.6. The number of halogens is 1. The number of aryl methyl sites for hydroxylation is 2. The third-order valence-electron chi connectivity index (χ3n) is 2.21. The summed E-state index contributed by atoms with van der Waals surface area (Å²) in [4.78, 5) is 15.9. The highest BCUT2D eigenvalue weighted by atomic mass is 127. The Labute approximate surface area is 102 Å². The lowest BCUT2D eigenvalue weighted by Crippen LogP contribution is -2.24. The number of hydrogen-bond acceptors (Lipinski definition) is 3. The Kier molecular flexibility index (Phi) is 5.24. The van der Waals surface area contributed by atoms with Crippen LogP contribution >= 0.6 is 22.6 Å². The van der Waals surface area contributed by atoms with Gasteiger partial charge in [0.1, 0.15) is 0 Å². The average Bonchev–Trinajstić information content (AvgIpc) is 2.24. The summed E-state index contributed by atoms with van der Waals surface area (Å²) >= 11 is 2.03. The lowest BCUT2D eigenvalue weighted by atomic mass is 10.2. The fourth-order valence-electron chi connectivity index (χ4n) is 1.28. The molecule has 0 aliphatic rings. The van der Waals surface area contributed by atoms with Crippen molar-refractivity contribution in [3.63, 3.8) is 0 Å². The Balaban J connectivity index is 2.63. The summed E-state index contributed by atoms with van der Waals surface area (Å²) < 4.78 is 2.32. The Morgan fingerprint density at radius 2 is 2.20 bits per heavy atom. The van der Waals surface area contributed by atoms with Gasteiger partial charge in [-0.25, -0.2) is 4.98 Å². The molecule has 0 fully saturated rings. The predicted octanol–water partition coefficient (Wildman–Crippen LogP) is 1.32. The molecular formula is C10H15IN2O2. The molecule has 0 radical (unpaired) electrons. The van der Waals surface area contributed by atoms with Crippen LogP contribution < -0.4 is 5.56 Å². The topological polar surface area (TPSA) is 55.1 Å². The number of aliphatic hydroxyl groups is 1. The second kappa shape index (κ2) is 6.22. The van der Waals surface area contributed by atoms with Crippen LogP contribution in [0.5, 0.6) is 0 Å². The molecule has 0 unspecified atom stereocenters. The van der Waals surface area contributed by atoms with E-state index in [1.165, 1.54) is 0 Å². The van der Waals surface area contributed by atoms with Crippen molar-refractivity contribution >= 4 is 22.6 Å². The molecule has 0 atom stereocenters. The second-order valence-corrected chi connectivity index (χ2v) is 4.51. The van der Waals surface area contributed by atoms with Crippen LogP contribution in [0.2, 0.25) is 0 Å². The highest BCUT2D eigenvalue weighted by Gasteiger charge is 2.04. The van der Waals surface area contributed by atoms with Gasteiger partial charge in [0.05, 0.1) is 15.6 Å². The zero-order chi connectivity index (χ0) is 11.3. The van der Waals surface area contributed by atoms with Gasteiger partial charge in [0.2, 0.25) is 0 Å². The summed E-state index contributed by atoms with van der Waals surface area (Å²) in [6.45, 7) is 2.74. The molecule has 5 heteroatoms. The van der Waals surface area contributed by atoms with Crippen LogP contribution in [0.4, 0.5) is 0 Å². The number of aromatic nitrogens is 2. The smallest absolute Gasteiger partial charge is 0.266 e. The van der Waals surface area contributed by atoms with E-state index in [0.29, 0.717) is 10.1 Å². The van der Waals surface area contributed by atoms with E-state index in [9.17, 15) is 4.79 Å². The maximum atomic E-state index is 11.7. The van der Waals surface area contributed by atoms with Crippen molar-refractivity contribution in [1.82, 2.24) is 9.55 Å². The van der Waals surface area contributed by atoms with E-state index in [1.54, 1.807) is 10.9 Å². The van der Waals surface area contributed by atoms with E-state index < -0.39 is 0 Å². The van der Waals surface area contributed by atoms with E-state index in [2.05, 4.69) is 4.98 Å². The molecule has 0 aliphatic heterocycles. The lowest BCUT2D eigenvalue weighted by molar-refractivity contribution is 0.281. The van der Waals surface area contributed by atoms with Crippen LogP contribution in [0.15, 0.2) is 11.1 Å². The summed E-state index contributed by atoms with van der Waals surface area (Å²) in [5, 5.41) is 8.62. The summed E-state index contributed by atoms with van der Waals surface area (Å²) in [5.74, 6) is 0.